The van der Waals surface area contributed by atoms with Crippen LogP contribution < -0.4 is 14.8 Å². The van der Waals surface area contributed by atoms with Crippen molar-refractivity contribution in [2.75, 3.05) is 14.2 Å². The molecule has 0 aliphatic rings. The molecule has 2 rings (SSSR count). The molecule has 1 N–H and O–H groups in total. The van der Waals surface area contributed by atoms with E-state index in [1.807, 2.05) is 32.0 Å². The topological polar surface area (TPSA) is 47.6 Å². The van der Waals surface area contributed by atoms with Gasteiger partial charge in [-0.25, -0.2) is 0 Å². The Balaban J connectivity index is 2.15. The van der Waals surface area contributed by atoms with Crippen LogP contribution in [0.25, 0.3) is 0 Å². The molecular formula is C18H21NO3. The molecule has 0 unspecified atom stereocenters. The lowest BCUT2D eigenvalue weighted by Crippen LogP contribution is -2.23. The minimum atomic E-state index is -0.125. The summed E-state index contributed by atoms with van der Waals surface area (Å²) in [4.78, 5) is 12.4. The lowest BCUT2D eigenvalue weighted by atomic mass is 10.1. The number of hydrogen-bond donors (Lipinski definition) is 1. The summed E-state index contributed by atoms with van der Waals surface area (Å²) in [5.41, 5.74) is 3.69. The van der Waals surface area contributed by atoms with Crippen LogP contribution in [0.4, 0.5) is 0 Å². The molecular weight excluding hydrogens is 278 g/mol. The van der Waals surface area contributed by atoms with Crippen LogP contribution in [-0.2, 0) is 6.54 Å². The van der Waals surface area contributed by atoms with E-state index in [1.54, 1.807) is 26.4 Å². The van der Waals surface area contributed by atoms with Crippen molar-refractivity contribution in [1.29, 1.82) is 0 Å². The van der Waals surface area contributed by atoms with Crippen LogP contribution in [0.1, 0.15) is 27.0 Å². The fraction of sp³-hybridized carbons (Fsp3) is 0.278. The van der Waals surface area contributed by atoms with Crippen molar-refractivity contribution in [2.24, 2.45) is 0 Å². The molecule has 0 spiro atoms. The van der Waals surface area contributed by atoms with Crippen LogP contribution in [0, 0.1) is 13.8 Å². The number of methoxy groups -OCH3 is 2. The van der Waals surface area contributed by atoms with E-state index in [0.717, 1.165) is 11.1 Å². The fourth-order valence-electron chi connectivity index (χ4n) is 2.32. The Hall–Kier alpha value is -2.49. The Labute approximate surface area is 131 Å². The first-order valence-corrected chi connectivity index (χ1v) is 7.11. The molecule has 0 atom stereocenters. The average Bonchev–Trinajstić information content (AvgIpc) is 2.52. The van der Waals surface area contributed by atoms with Gasteiger partial charge >= 0.3 is 0 Å². The third kappa shape index (κ3) is 3.58. The number of aryl methyl sites for hydroxylation is 2. The summed E-state index contributed by atoms with van der Waals surface area (Å²) in [5.74, 6) is 1.05. The van der Waals surface area contributed by atoms with Crippen molar-refractivity contribution in [3.05, 3.63) is 58.7 Å². The second-order valence-corrected chi connectivity index (χ2v) is 5.19. The third-order valence-electron chi connectivity index (χ3n) is 3.51. The van der Waals surface area contributed by atoms with Crippen molar-refractivity contribution in [2.45, 2.75) is 20.4 Å². The van der Waals surface area contributed by atoms with Gasteiger partial charge in [-0.2, -0.15) is 0 Å². The van der Waals surface area contributed by atoms with Crippen molar-refractivity contribution < 1.29 is 14.3 Å². The van der Waals surface area contributed by atoms with E-state index in [9.17, 15) is 4.79 Å². The van der Waals surface area contributed by atoms with Crippen molar-refractivity contribution in [1.82, 2.24) is 5.32 Å². The van der Waals surface area contributed by atoms with Gasteiger partial charge in [-0.05, 0) is 37.1 Å². The number of benzene rings is 2. The van der Waals surface area contributed by atoms with Crippen molar-refractivity contribution >= 4 is 5.91 Å². The number of carbonyl (C=O) groups excluding carboxylic acids is 1. The van der Waals surface area contributed by atoms with Gasteiger partial charge in [0.15, 0.2) is 11.5 Å². The summed E-state index contributed by atoms with van der Waals surface area (Å²) in [5, 5.41) is 2.94. The normalized spacial score (nSPS) is 10.2. The van der Waals surface area contributed by atoms with E-state index in [4.69, 9.17) is 9.47 Å². The zero-order chi connectivity index (χ0) is 16.1. The van der Waals surface area contributed by atoms with Gasteiger partial charge in [-0.1, -0.05) is 29.8 Å². The summed E-state index contributed by atoms with van der Waals surface area (Å²) < 4.78 is 10.5. The van der Waals surface area contributed by atoms with Crippen molar-refractivity contribution in [3.63, 3.8) is 0 Å². The molecule has 22 heavy (non-hydrogen) atoms. The average molecular weight is 299 g/mol. The Morgan fingerprint density at radius 2 is 1.73 bits per heavy atom. The lowest BCUT2D eigenvalue weighted by Gasteiger charge is -2.13. The highest BCUT2D eigenvalue weighted by Crippen LogP contribution is 2.30. The van der Waals surface area contributed by atoms with E-state index in [2.05, 4.69) is 11.4 Å². The van der Waals surface area contributed by atoms with Crippen LogP contribution in [0.5, 0.6) is 11.5 Å². The van der Waals surface area contributed by atoms with Gasteiger partial charge in [0.1, 0.15) is 0 Å². The maximum Gasteiger partial charge on any atom is 0.251 e. The zero-order valence-electron chi connectivity index (χ0n) is 13.4. The first kappa shape index (κ1) is 15.9. The first-order valence-electron chi connectivity index (χ1n) is 7.11. The molecule has 0 heterocycles. The zero-order valence-corrected chi connectivity index (χ0v) is 13.4. The lowest BCUT2D eigenvalue weighted by molar-refractivity contribution is 0.0950. The molecule has 0 saturated carbocycles. The molecule has 2 aromatic rings. The summed E-state index contributed by atoms with van der Waals surface area (Å²) >= 11 is 0. The van der Waals surface area contributed by atoms with E-state index in [-0.39, 0.29) is 5.91 Å². The number of nitrogens with one attached hydrogen (secondary N) is 1. The monoisotopic (exact) mass is 299 g/mol. The Morgan fingerprint density at radius 3 is 2.36 bits per heavy atom. The molecule has 0 aliphatic carbocycles. The van der Waals surface area contributed by atoms with E-state index in [1.165, 1.54) is 5.56 Å². The molecule has 0 radical (unpaired) electrons. The molecule has 4 nitrogen and oxygen atoms in total. The summed E-state index contributed by atoms with van der Waals surface area (Å²) in [7, 11) is 3.14. The maximum absolute atomic E-state index is 12.4. The molecule has 0 aromatic heterocycles. The minimum Gasteiger partial charge on any atom is -0.493 e. The van der Waals surface area contributed by atoms with Crippen LogP contribution in [0.2, 0.25) is 0 Å². The fourth-order valence-corrected chi connectivity index (χ4v) is 2.32. The van der Waals surface area contributed by atoms with Crippen LogP contribution >= 0.6 is 0 Å². The molecule has 0 aliphatic heterocycles. The maximum atomic E-state index is 12.4. The van der Waals surface area contributed by atoms with Crippen LogP contribution in [0.15, 0.2) is 36.4 Å². The van der Waals surface area contributed by atoms with Gasteiger partial charge in [-0.3, -0.25) is 4.79 Å². The third-order valence-corrected chi connectivity index (χ3v) is 3.51. The smallest absolute Gasteiger partial charge is 0.251 e. The highest BCUT2D eigenvalue weighted by Gasteiger charge is 2.14. The second-order valence-electron chi connectivity index (χ2n) is 5.19. The predicted molar refractivity (Wildman–Crippen MR) is 86.6 cm³/mol. The van der Waals surface area contributed by atoms with Gasteiger partial charge in [0.25, 0.3) is 5.91 Å². The Bertz CT molecular complexity index is 680. The predicted octanol–water partition coefficient (Wildman–Crippen LogP) is 3.25. The van der Waals surface area contributed by atoms with Gasteiger partial charge in [0.05, 0.1) is 14.2 Å². The van der Waals surface area contributed by atoms with Gasteiger partial charge < -0.3 is 14.8 Å². The van der Waals surface area contributed by atoms with E-state index < -0.39 is 0 Å². The van der Waals surface area contributed by atoms with Gasteiger partial charge in [0.2, 0.25) is 0 Å². The Kier molecular flexibility index (Phi) is 5.04. The number of carbonyl (C=O) groups is 1. The highest BCUT2D eigenvalue weighted by molar-refractivity contribution is 5.96. The molecule has 1 amide bonds. The number of hydrogen-bond acceptors (Lipinski definition) is 3. The molecule has 2 aromatic carbocycles. The molecule has 0 fully saturated rings. The highest BCUT2D eigenvalue weighted by atomic mass is 16.5. The van der Waals surface area contributed by atoms with Gasteiger partial charge in [0, 0.05) is 12.1 Å². The SMILES string of the molecule is COc1cc(C)c(C(=O)NCc2cccc(C)c2)cc1OC. The van der Waals surface area contributed by atoms with E-state index >= 15 is 0 Å². The quantitative estimate of drug-likeness (QED) is 0.922. The standard InChI is InChI=1S/C18H21NO3/c1-12-6-5-7-14(8-12)11-19-18(20)15-10-17(22-4)16(21-3)9-13(15)2/h5-10H,11H2,1-4H3,(H,19,20). The van der Waals surface area contributed by atoms with E-state index in [0.29, 0.717) is 23.6 Å². The molecule has 0 saturated heterocycles. The number of amides is 1. The Morgan fingerprint density at radius 1 is 1.05 bits per heavy atom. The summed E-state index contributed by atoms with van der Waals surface area (Å²) in [6, 6.07) is 11.6. The molecule has 0 bridgehead atoms. The molecule has 116 valence electrons. The molecule has 4 heteroatoms. The van der Waals surface area contributed by atoms with Crippen LogP contribution in [0.3, 0.4) is 0 Å². The largest absolute Gasteiger partial charge is 0.493 e. The van der Waals surface area contributed by atoms with Crippen molar-refractivity contribution in [3.8, 4) is 11.5 Å². The minimum absolute atomic E-state index is 0.125. The van der Waals surface area contributed by atoms with Crippen LogP contribution in [-0.4, -0.2) is 20.1 Å². The van der Waals surface area contributed by atoms with Gasteiger partial charge in [-0.15, -0.1) is 0 Å². The second kappa shape index (κ2) is 6.98. The summed E-state index contributed by atoms with van der Waals surface area (Å²) in [6.45, 7) is 4.40. The number of ether oxygens (including phenoxy) is 2. The first-order chi connectivity index (χ1) is 10.5. The summed E-state index contributed by atoms with van der Waals surface area (Å²) in [6.07, 6.45) is 0. The number of rotatable bonds is 5.